The van der Waals surface area contributed by atoms with Crippen molar-refractivity contribution in [1.82, 2.24) is 10.3 Å². The molecule has 2 N–H and O–H groups in total. The molecule has 1 amide bonds. The van der Waals surface area contributed by atoms with Crippen LogP contribution in [0.3, 0.4) is 0 Å². The van der Waals surface area contributed by atoms with Gasteiger partial charge < -0.3 is 15.2 Å². The van der Waals surface area contributed by atoms with Crippen molar-refractivity contribution in [2.45, 2.75) is 6.54 Å². The molecule has 0 atom stereocenters. The van der Waals surface area contributed by atoms with Crippen molar-refractivity contribution in [3.63, 3.8) is 0 Å². The number of hydrogen-bond donors (Lipinski definition) is 2. The van der Waals surface area contributed by atoms with Crippen LogP contribution in [-0.2, 0) is 6.54 Å². The number of carbonyl (C=O) groups is 2. The van der Waals surface area contributed by atoms with E-state index in [2.05, 4.69) is 10.3 Å². The lowest BCUT2D eigenvalue weighted by Gasteiger charge is -2.07. The number of nitrogens with one attached hydrogen (secondary N) is 1. The van der Waals surface area contributed by atoms with Crippen LogP contribution in [0.5, 0.6) is 5.75 Å². The summed E-state index contributed by atoms with van der Waals surface area (Å²) in [5.41, 5.74) is 0.777. The molecule has 2 aromatic rings. The number of carboxylic acids is 1. The smallest absolute Gasteiger partial charge is 0.354 e. The van der Waals surface area contributed by atoms with Gasteiger partial charge in [-0.3, -0.25) is 4.79 Å². The van der Waals surface area contributed by atoms with Gasteiger partial charge in [0.05, 0.1) is 7.11 Å². The van der Waals surface area contributed by atoms with E-state index in [0.717, 1.165) is 5.56 Å². The maximum absolute atomic E-state index is 11.9. The second-order valence-electron chi connectivity index (χ2n) is 4.25. The van der Waals surface area contributed by atoms with Crippen LogP contribution in [0, 0.1) is 0 Å². The molecule has 2 rings (SSSR count). The Morgan fingerprint density at radius 1 is 1.19 bits per heavy atom. The highest BCUT2D eigenvalue weighted by Crippen LogP contribution is 2.12. The lowest BCUT2D eigenvalue weighted by molar-refractivity contribution is 0.0690. The predicted octanol–water partition coefficient (Wildman–Crippen LogP) is 1.72. The average molecular weight is 286 g/mol. The fourth-order valence-corrected chi connectivity index (χ4v) is 1.74. The van der Waals surface area contributed by atoms with E-state index in [-0.39, 0.29) is 11.4 Å². The summed E-state index contributed by atoms with van der Waals surface area (Å²) >= 11 is 0. The molecule has 0 aliphatic rings. The first-order valence-electron chi connectivity index (χ1n) is 6.21. The number of carbonyl (C=O) groups excluding carboxylic acids is 1. The number of amides is 1. The molecule has 108 valence electrons. The van der Waals surface area contributed by atoms with Crippen LogP contribution in [0.15, 0.2) is 42.5 Å². The first kappa shape index (κ1) is 14.5. The fourth-order valence-electron chi connectivity index (χ4n) is 1.74. The number of ether oxygens (including phenoxy) is 1. The number of methoxy groups -OCH3 is 1. The number of aromatic carboxylic acids is 1. The van der Waals surface area contributed by atoms with Gasteiger partial charge in [-0.25, -0.2) is 9.78 Å². The molecule has 1 aromatic carbocycles. The highest BCUT2D eigenvalue weighted by Gasteiger charge is 2.11. The zero-order valence-corrected chi connectivity index (χ0v) is 11.4. The minimum Gasteiger partial charge on any atom is -0.497 e. The molecule has 6 heteroatoms. The van der Waals surface area contributed by atoms with E-state index < -0.39 is 11.9 Å². The molecule has 0 unspecified atom stereocenters. The Bertz CT molecular complexity index is 670. The summed E-state index contributed by atoms with van der Waals surface area (Å²) in [6.45, 7) is 0.301. The number of aromatic nitrogens is 1. The molecule has 0 bridgehead atoms. The predicted molar refractivity (Wildman–Crippen MR) is 75.4 cm³/mol. The Morgan fingerprint density at radius 3 is 2.62 bits per heavy atom. The lowest BCUT2D eigenvalue weighted by atomic mass is 10.2. The van der Waals surface area contributed by atoms with Crippen molar-refractivity contribution in [3.05, 3.63) is 59.4 Å². The largest absolute Gasteiger partial charge is 0.497 e. The van der Waals surface area contributed by atoms with E-state index in [1.54, 1.807) is 13.2 Å². The number of pyridine rings is 1. The van der Waals surface area contributed by atoms with Crippen LogP contribution in [-0.4, -0.2) is 29.1 Å². The number of benzene rings is 1. The van der Waals surface area contributed by atoms with E-state index in [1.807, 2.05) is 18.2 Å². The topological polar surface area (TPSA) is 88.5 Å². The highest BCUT2D eigenvalue weighted by molar-refractivity contribution is 5.94. The van der Waals surface area contributed by atoms with Crippen molar-refractivity contribution in [2.75, 3.05) is 7.11 Å². The molecule has 0 saturated heterocycles. The van der Waals surface area contributed by atoms with E-state index >= 15 is 0 Å². The number of carboxylic acid groups (broad SMARTS) is 1. The van der Waals surface area contributed by atoms with Gasteiger partial charge in [-0.2, -0.15) is 0 Å². The van der Waals surface area contributed by atoms with Gasteiger partial charge in [0.25, 0.3) is 5.91 Å². The van der Waals surface area contributed by atoms with Gasteiger partial charge in [0.2, 0.25) is 0 Å². The Hall–Kier alpha value is -2.89. The van der Waals surface area contributed by atoms with Gasteiger partial charge in [0.15, 0.2) is 0 Å². The maximum atomic E-state index is 11.9. The highest BCUT2D eigenvalue weighted by atomic mass is 16.5. The second kappa shape index (κ2) is 6.51. The van der Waals surface area contributed by atoms with E-state index in [9.17, 15) is 9.59 Å². The Balaban J connectivity index is 2.04. The number of nitrogens with zero attached hydrogens (tertiary/aromatic N) is 1. The summed E-state index contributed by atoms with van der Waals surface area (Å²) in [5.74, 6) is -0.897. The Morgan fingerprint density at radius 2 is 1.90 bits per heavy atom. The number of rotatable bonds is 5. The molecule has 0 spiro atoms. The number of hydrogen-bond acceptors (Lipinski definition) is 4. The third-order valence-corrected chi connectivity index (χ3v) is 2.79. The van der Waals surface area contributed by atoms with E-state index in [0.29, 0.717) is 12.3 Å². The Labute approximate surface area is 121 Å². The van der Waals surface area contributed by atoms with Gasteiger partial charge in [-0.05, 0) is 29.8 Å². The molecule has 1 aromatic heterocycles. The third kappa shape index (κ3) is 3.79. The van der Waals surface area contributed by atoms with Crippen molar-refractivity contribution in [2.24, 2.45) is 0 Å². The minimum atomic E-state index is -1.17. The minimum absolute atomic E-state index is 0.0674. The van der Waals surface area contributed by atoms with E-state index in [1.165, 1.54) is 18.2 Å². The van der Waals surface area contributed by atoms with Crippen LogP contribution in [0.1, 0.15) is 26.5 Å². The summed E-state index contributed by atoms with van der Waals surface area (Å²) in [5, 5.41) is 11.5. The average Bonchev–Trinajstić information content (AvgIpc) is 2.53. The molecule has 1 heterocycles. The standard InChI is InChI=1S/C15H14N2O4/c1-21-11-5-2-4-10(8-11)9-16-14(18)12-6-3-7-13(17-12)15(19)20/h2-8H,9H2,1H3,(H,16,18)(H,19,20). The summed E-state index contributed by atoms with van der Waals surface area (Å²) in [6, 6.07) is 11.6. The van der Waals surface area contributed by atoms with Gasteiger partial charge in [-0.1, -0.05) is 18.2 Å². The molecule has 6 nitrogen and oxygen atoms in total. The van der Waals surface area contributed by atoms with Crippen LogP contribution in [0.4, 0.5) is 0 Å². The lowest BCUT2D eigenvalue weighted by Crippen LogP contribution is -2.24. The zero-order valence-electron chi connectivity index (χ0n) is 11.4. The molecular formula is C15H14N2O4. The summed E-state index contributed by atoms with van der Waals surface area (Å²) in [6.07, 6.45) is 0. The van der Waals surface area contributed by atoms with Crippen LogP contribution < -0.4 is 10.1 Å². The molecule has 0 saturated carbocycles. The second-order valence-corrected chi connectivity index (χ2v) is 4.25. The van der Waals surface area contributed by atoms with Crippen LogP contribution in [0.2, 0.25) is 0 Å². The normalized spacial score (nSPS) is 9.95. The summed E-state index contributed by atoms with van der Waals surface area (Å²) in [7, 11) is 1.57. The van der Waals surface area contributed by atoms with Gasteiger partial charge in [0.1, 0.15) is 17.1 Å². The monoisotopic (exact) mass is 286 g/mol. The first-order chi connectivity index (χ1) is 10.1. The molecule has 21 heavy (non-hydrogen) atoms. The van der Waals surface area contributed by atoms with Crippen LogP contribution >= 0.6 is 0 Å². The van der Waals surface area contributed by atoms with Crippen molar-refractivity contribution >= 4 is 11.9 Å². The molecule has 0 aliphatic heterocycles. The summed E-state index contributed by atoms with van der Waals surface area (Å²) < 4.78 is 5.10. The van der Waals surface area contributed by atoms with Crippen LogP contribution in [0.25, 0.3) is 0 Å². The molecule has 0 radical (unpaired) electrons. The SMILES string of the molecule is COc1cccc(CNC(=O)c2cccc(C(=O)O)n2)c1. The summed E-state index contributed by atoms with van der Waals surface area (Å²) in [4.78, 5) is 26.5. The Kier molecular flexibility index (Phi) is 4.50. The van der Waals surface area contributed by atoms with Crippen molar-refractivity contribution in [1.29, 1.82) is 0 Å². The fraction of sp³-hybridized carbons (Fsp3) is 0.133. The van der Waals surface area contributed by atoms with Gasteiger partial charge >= 0.3 is 5.97 Å². The van der Waals surface area contributed by atoms with Gasteiger partial charge in [-0.15, -0.1) is 0 Å². The van der Waals surface area contributed by atoms with Crippen molar-refractivity contribution in [3.8, 4) is 5.75 Å². The first-order valence-corrected chi connectivity index (χ1v) is 6.21. The van der Waals surface area contributed by atoms with Crippen molar-refractivity contribution < 1.29 is 19.4 Å². The third-order valence-electron chi connectivity index (χ3n) is 2.79. The van der Waals surface area contributed by atoms with E-state index in [4.69, 9.17) is 9.84 Å². The molecular weight excluding hydrogens is 272 g/mol. The molecule has 0 aliphatic carbocycles. The maximum Gasteiger partial charge on any atom is 0.354 e. The quantitative estimate of drug-likeness (QED) is 0.873. The molecule has 0 fully saturated rings. The van der Waals surface area contributed by atoms with Gasteiger partial charge in [0, 0.05) is 6.54 Å². The zero-order chi connectivity index (χ0) is 15.2.